The molecule has 2 fully saturated rings. The third-order valence-electron chi connectivity index (χ3n) is 8.35. The fourth-order valence-corrected chi connectivity index (χ4v) is 7.67. The van der Waals surface area contributed by atoms with Crippen LogP contribution in [-0.4, -0.2) is 65.0 Å². The van der Waals surface area contributed by atoms with Crippen molar-refractivity contribution >= 4 is 45.1 Å². The molecule has 1 N–H and O–H groups in total. The topological polar surface area (TPSA) is 95.0 Å². The van der Waals surface area contributed by atoms with E-state index in [1.54, 1.807) is 50.1 Å². The minimum Gasteiger partial charge on any atom is -0.481 e. The lowest BCUT2D eigenvalue weighted by Gasteiger charge is -2.52. The van der Waals surface area contributed by atoms with Crippen LogP contribution in [0.15, 0.2) is 59.7 Å². The van der Waals surface area contributed by atoms with E-state index >= 15 is 0 Å². The Labute approximate surface area is 248 Å². The number of aliphatic carboxylic acids is 1. The fourth-order valence-electron chi connectivity index (χ4n) is 5.67. The molecule has 1 aromatic rings. The highest BCUT2D eigenvalue weighted by Crippen LogP contribution is 2.49. The van der Waals surface area contributed by atoms with Crippen LogP contribution in [0.1, 0.15) is 71.3 Å². The Balaban J connectivity index is 2.18. The van der Waals surface area contributed by atoms with Crippen molar-refractivity contribution in [3.8, 4) is 0 Å². The molecule has 7 nitrogen and oxygen atoms in total. The molecule has 0 spiro atoms. The molecule has 1 saturated carbocycles. The molecule has 0 radical (unpaired) electrons. The van der Waals surface area contributed by atoms with Gasteiger partial charge in [-0.1, -0.05) is 67.9 Å². The second-order valence-corrected chi connectivity index (χ2v) is 15.0. The standard InChI is InChI=1S/C30H40Cl2N2O5S/c1-7-22(31)13-12-20(3)27-25(21-10-9-11-23(32)16-21)17-29(4,18-26(35)36)28(37)34(27)24(8-2)19-33(6)40(38,39)30(5)14-15-30/h7,9-13,16,24-25,27H,3,8,14-15,17-19H2,1-2,4-6H3,(H,35,36)/b13-12-,22-7+/t24-,25+,27+,29+/m0/s1. The Kier molecular flexibility index (Phi) is 10.0. The van der Waals surface area contributed by atoms with Crippen molar-refractivity contribution in [2.45, 2.75) is 82.5 Å². The van der Waals surface area contributed by atoms with E-state index in [1.807, 2.05) is 32.0 Å². The van der Waals surface area contributed by atoms with E-state index in [1.165, 1.54) is 4.31 Å². The van der Waals surface area contributed by atoms with Crippen LogP contribution in [0.5, 0.6) is 0 Å². The first-order valence-corrected chi connectivity index (χ1v) is 15.7. The number of likely N-dealkylation sites (N-methyl/N-ethyl adjacent to an activating group) is 1. The molecule has 3 rings (SSSR count). The van der Waals surface area contributed by atoms with Crippen molar-refractivity contribution in [1.29, 1.82) is 0 Å². The van der Waals surface area contributed by atoms with Gasteiger partial charge in [0.05, 0.1) is 22.6 Å². The first-order chi connectivity index (χ1) is 18.6. The van der Waals surface area contributed by atoms with E-state index in [2.05, 4.69) is 6.58 Å². The largest absolute Gasteiger partial charge is 0.481 e. The number of sulfonamides is 1. The lowest BCUT2D eigenvalue weighted by atomic mass is 9.67. The number of hydrogen-bond acceptors (Lipinski definition) is 4. The number of allylic oxidation sites excluding steroid dienone is 3. The van der Waals surface area contributed by atoms with Crippen LogP contribution in [0.2, 0.25) is 5.02 Å². The average molecular weight is 612 g/mol. The molecule has 4 atom stereocenters. The first-order valence-electron chi connectivity index (χ1n) is 13.5. The van der Waals surface area contributed by atoms with Crippen molar-refractivity contribution in [2.75, 3.05) is 13.6 Å². The summed E-state index contributed by atoms with van der Waals surface area (Å²) in [7, 11) is -2.03. The van der Waals surface area contributed by atoms with Crippen LogP contribution >= 0.6 is 23.2 Å². The Hall–Kier alpha value is -2.13. The number of carbonyl (C=O) groups excluding carboxylic acids is 1. The van der Waals surface area contributed by atoms with E-state index in [-0.39, 0.29) is 31.2 Å². The Morgan fingerprint density at radius 2 is 1.95 bits per heavy atom. The number of carbonyl (C=O) groups is 2. The summed E-state index contributed by atoms with van der Waals surface area (Å²) in [5.74, 6) is -1.76. The molecule has 10 heteroatoms. The summed E-state index contributed by atoms with van der Waals surface area (Å²) >= 11 is 12.6. The number of piperidine rings is 1. The van der Waals surface area contributed by atoms with Gasteiger partial charge >= 0.3 is 5.97 Å². The second-order valence-electron chi connectivity index (χ2n) is 11.5. The van der Waals surface area contributed by atoms with Crippen molar-refractivity contribution in [1.82, 2.24) is 9.21 Å². The Morgan fingerprint density at radius 3 is 2.48 bits per heavy atom. The summed E-state index contributed by atoms with van der Waals surface area (Å²) in [6.07, 6.45) is 6.76. The number of amides is 1. The molecule has 1 amide bonds. The average Bonchev–Trinajstić information content (AvgIpc) is 3.65. The number of carboxylic acids is 1. The monoisotopic (exact) mass is 610 g/mol. The minimum absolute atomic E-state index is 0.0781. The van der Waals surface area contributed by atoms with Crippen LogP contribution in [0.3, 0.4) is 0 Å². The predicted octanol–water partition coefficient (Wildman–Crippen LogP) is 6.35. The zero-order valence-corrected chi connectivity index (χ0v) is 26.2. The molecule has 2 aliphatic rings. The van der Waals surface area contributed by atoms with Crippen LogP contribution < -0.4 is 0 Å². The van der Waals surface area contributed by atoms with Crippen molar-refractivity contribution in [2.24, 2.45) is 5.41 Å². The Morgan fingerprint density at radius 1 is 1.30 bits per heavy atom. The number of hydrogen-bond donors (Lipinski definition) is 1. The maximum Gasteiger partial charge on any atom is 0.304 e. The first kappa shape index (κ1) is 32.4. The van der Waals surface area contributed by atoms with Gasteiger partial charge in [-0.15, -0.1) is 0 Å². The summed E-state index contributed by atoms with van der Waals surface area (Å²) in [5.41, 5.74) is 0.224. The summed E-state index contributed by atoms with van der Waals surface area (Å²) < 4.78 is 27.2. The maximum atomic E-state index is 14.3. The van der Waals surface area contributed by atoms with Gasteiger partial charge in [0.15, 0.2) is 0 Å². The maximum absolute atomic E-state index is 14.3. The highest BCUT2D eigenvalue weighted by atomic mass is 35.5. The van der Waals surface area contributed by atoms with Gasteiger partial charge < -0.3 is 10.0 Å². The van der Waals surface area contributed by atoms with Crippen LogP contribution in [-0.2, 0) is 19.6 Å². The van der Waals surface area contributed by atoms with E-state index in [0.29, 0.717) is 34.9 Å². The van der Waals surface area contributed by atoms with Crippen LogP contribution in [0.25, 0.3) is 0 Å². The fraction of sp³-hybridized carbons (Fsp3) is 0.533. The van der Waals surface area contributed by atoms with Crippen molar-refractivity contribution in [3.05, 3.63) is 70.3 Å². The van der Waals surface area contributed by atoms with Gasteiger partial charge in [-0.3, -0.25) is 9.59 Å². The molecule has 1 aromatic carbocycles. The third kappa shape index (κ3) is 6.67. The Bertz CT molecular complexity index is 1320. The van der Waals surface area contributed by atoms with Crippen molar-refractivity contribution < 1.29 is 23.1 Å². The zero-order valence-electron chi connectivity index (χ0n) is 23.9. The molecule has 1 saturated heterocycles. The molecule has 220 valence electrons. The number of halogens is 2. The van der Waals surface area contributed by atoms with Gasteiger partial charge in [-0.05, 0) is 68.9 Å². The smallest absolute Gasteiger partial charge is 0.304 e. The van der Waals surface area contributed by atoms with Gasteiger partial charge in [-0.25, -0.2) is 12.7 Å². The number of likely N-dealkylation sites (tertiary alicyclic amines) is 1. The number of nitrogens with zero attached hydrogens (tertiary/aromatic N) is 2. The lowest BCUT2D eigenvalue weighted by Crippen LogP contribution is -2.62. The highest BCUT2D eigenvalue weighted by molar-refractivity contribution is 7.90. The van der Waals surface area contributed by atoms with Gasteiger partial charge in [0, 0.05) is 35.6 Å². The molecule has 0 aromatic heterocycles. The SMILES string of the molecule is C=C(/C=C\C(Cl)=C/C)[C@@H]1[C@@H](c2cccc(Cl)c2)C[C@](C)(CC(=O)O)C(=O)N1[C@@H](CC)CN(C)S(=O)(=O)C1(C)CC1. The molecule has 40 heavy (non-hydrogen) atoms. The zero-order chi connectivity index (χ0) is 30.0. The third-order valence-corrected chi connectivity index (χ3v) is 11.6. The minimum atomic E-state index is -3.59. The second kappa shape index (κ2) is 12.4. The normalized spacial score (nSPS) is 25.9. The van der Waals surface area contributed by atoms with Crippen LogP contribution in [0, 0.1) is 5.41 Å². The molecule has 1 aliphatic heterocycles. The molecule has 1 aliphatic carbocycles. The number of benzene rings is 1. The van der Waals surface area contributed by atoms with E-state index < -0.39 is 38.2 Å². The summed E-state index contributed by atoms with van der Waals surface area (Å²) in [6, 6.07) is 6.22. The van der Waals surface area contributed by atoms with Gasteiger partial charge in [0.25, 0.3) is 0 Å². The molecule has 0 bridgehead atoms. The molecular formula is C30H40Cl2N2O5S. The molecule has 0 unspecified atom stereocenters. The van der Waals surface area contributed by atoms with Crippen LogP contribution in [0.4, 0.5) is 0 Å². The summed E-state index contributed by atoms with van der Waals surface area (Å²) in [4.78, 5) is 28.0. The summed E-state index contributed by atoms with van der Waals surface area (Å²) in [5, 5.41) is 10.8. The number of rotatable bonds is 12. The predicted molar refractivity (Wildman–Crippen MR) is 161 cm³/mol. The van der Waals surface area contributed by atoms with Crippen molar-refractivity contribution in [3.63, 3.8) is 0 Å². The van der Waals surface area contributed by atoms with Gasteiger partial charge in [0.1, 0.15) is 0 Å². The van der Waals surface area contributed by atoms with E-state index in [4.69, 9.17) is 23.2 Å². The number of carboxylic acid groups (broad SMARTS) is 1. The van der Waals surface area contributed by atoms with E-state index in [0.717, 1.165) is 5.56 Å². The quantitative estimate of drug-likeness (QED) is 0.278. The highest BCUT2D eigenvalue weighted by Gasteiger charge is 2.55. The summed E-state index contributed by atoms with van der Waals surface area (Å²) in [6.45, 7) is 11.5. The molecule has 1 heterocycles. The molecular weight excluding hydrogens is 571 g/mol. The lowest BCUT2D eigenvalue weighted by molar-refractivity contribution is -0.159. The van der Waals surface area contributed by atoms with Gasteiger partial charge in [-0.2, -0.15) is 0 Å². The van der Waals surface area contributed by atoms with E-state index in [9.17, 15) is 23.1 Å². The van der Waals surface area contributed by atoms with Gasteiger partial charge in [0.2, 0.25) is 15.9 Å².